The van der Waals surface area contributed by atoms with Gasteiger partial charge < -0.3 is 10.5 Å². The van der Waals surface area contributed by atoms with Gasteiger partial charge in [-0.3, -0.25) is 0 Å². The number of nitrogens with two attached hydrogens (primary N) is 1. The fourth-order valence-electron chi connectivity index (χ4n) is 1.71. The molecule has 106 valence electrons. The molecule has 2 aromatic rings. The largest absolute Gasteiger partial charge is 0.436 e. The van der Waals surface area contributed by atoms with E-state index in [0.29, 0.717) is 10.4 Å². The lowest BCUT2D eigenvalue weighted by atomic mass is 10.1. The summed E-state index contributed by atoms with van der Waals surface area (Å²) in [5.41, 5.74) is 6.93. The van der Waals surface area contributed by atoms with E-state index in [-0.39, 0.29) is 11.8 Å². The second kappa shape index (κ2) is 6.81. The highest BCUT2D eigenvalue weighted by Crippen LogP contribution is 2.25. The van der Waals surface area contributed by atoms with Crippen LogP contribution in [0.15, 0.2) is 41.0 Å². The van der Waals surface area contributed by atoms with Crippen LogP contribution in [0.1, 0.15) is 18.9 Å². The first-order valence-corrected chi connectivity index (χ1v) is 7.21. The number of hydrogen-bond donors (Lipinski definition) is 1. The summed E-state index contributed by atoms with van der Waals surface area (Å²) in [5.74, 6) is 0.0806. The normalized spacial score (nSPS) is 12.2. The van der Waals surface area contributed by atoms with Gasteiger partial charge in [0, 0.05) is 22.8 Å². The number of aromatic nitrogens is 1. The van der Waals surface area contributed by atoms with Gasteiger partial charge in [0.05, 0.1) is 0 Å². The second-order valence-electron chi connectivity index (χ2n) is 4.55. The van der Waals surface area contributed by atoms with E-state index in [2.05, 4.69) is 20.9 Å². The summed E-state index contributed by atoms with van der Waals surface area (Å²) in [4.78, 5) is 4.17. The SMILES string of the molecule is CCC(N)Cc1ccc(Oc2ccc(Br)cc2F)nc1. The number of hydrogen-bond acceptors (Lipinski definition) is 3. The van der Waals surface area contributed by atoms with E-state index in [1.54, 1.807) is 24.4 Å². The maximum atomic E-state index is 13.6. The Morgan fingerprint density at radius 3 is 2.75 bits per heavy atom. The van der Waals surface area contributed by atoms with E-state index in [4.69, 9.17) is 10.5 Å². The Hall–Kier alpha value is -1.46. The van der Waals surface area contributed by atoms with E-state index in [1.807, 2.05) is 13.0 Å². The predicted octanol–water partition coefficient (Wildman–Crippen LogP) is 4.06. The van der Waals surface area contributed by atoms with Crippen molar-refractivity contribution >= 4 is 15.9 Å². The molecule has 1 aromatic heterocycles. The minimum Gasteiger partial charge on any atom is -0.436 e. The molecule has 1 heterocycles. The molecule has 0 bridgehead atoms. The average molecular weight is 339 g/mol. The molecule has 0 radical (unpaired) electrons. The lowest BCUT2D eigenvalue weighted by Gasteiger charge is -2.09. The van der Waals surface area contributed by atoms with Crippen LogP contribution in [0.25, 0.3) is 0 Å². The van der Waals surface area contributed by atoms with Gasteiger partial charge in [0.2, 0.25) is 5.88 Å². The summed E-state index contributed by atoms with van der Waals surface area (Å²) in [6.07, 6.45) is 3.40. The molecule has 1 aromatic carbocycles. The van der Waals surface area contributed by atoms with Crippen molar-refractivity contribution in [2.75, 3.05) is 0 Å². The standard InChI is InChI=1S/C15H16BrFN2O/c1-2-12(18)7-10-3-6-15(19-9-10)20-14-5-4-11(16)8-13(14)17/h3-6,8-9,12H,2,7,18H2,1H3. The topological polar surface area (TPSA) is 48.1 Å². The van der Waals surface area contributed by atoms with Crippen LogP contribution in [0.2, 0.25) is 0 Å². The summed E-state index contributed by atoms with van der Waals surface area (Å²) in [7, 11) is 0. The zero-order valence-corrected chi connectivity index (χ0v) is 12.7. The molecule has 0 saturated heterocycles. The minimum atomic E-state index is -0.432. The molecular weight excluding hydrogens is 323 g/mol. The second-order valence-corrected chi connectivity index (χ2v) is 5.47. The van der Waals surface area contributed by atoms with Gasteiger partial charge >= 0.3 is 0 Å². The van der Waals surface area contributed by atoms with E-state index in [1.165, 1.54) is 6.07 Å². The van der Waals surface area contributed by atoms with Gasteiger partial charge in [0.1, 0.15) is 0 Å². The zero-order valence-electron chi connectivity index (χ0n) is 11.1. The Balaban J connectivity index is 2.07. The molecule has 1 unspecified atom stereocenters. The highest BCUT2D eigenvalue weighted by Gasteiger charge is 2.07. The van der Waals surface area contributed by atoms with Crippen molar-refractivity contribution in [2.45, 2.75) is 25.8 Å². The van der Waals surface area contributed by atoms with Crippen LogP contribution in [0, 0.1) is 5.82 Å². The number of benzene rings is 1. The van der Waals surface area contributed by atoms with Crippen molar-refractivity contribution in [3.8, 4) is 11.6 Å². The monoisotopic (exact) mass is 338 g/mol. The summed E-state index contributed by atoms with van der Waals surface area (Å²) in [6, 6.07) is 8.37. The van der Waals surface area contributed by atoms with Crippen molar-refractivity contribution in [1.82, 2.24) is 4.98 Å². The average Bonchev–Trinajstić information content (AvgIpc) is 2.44. The molecule has 0 aliphatic rings. The van der Waals surface area contributed by atoms with E-state index in [9.17, 15) is 4.39 Å². The van der Waals surface area contributed by atoms with E-state index in [0.717, 1.165) is 18.4 Å². The smallest absolute Gasteiger partial charge is 0.219 e. The molecule has 20 heavy (non-hydrogen) atoms. The van der Waals surface area contributed by atoms with Crippen LogP contribution in [0.4, 0.5) is 4.39 Å². The Morgan fingerprint density at radius 1 is 1.35 bits per heavy atom. The van der Waals surface area contributed by atoms with Crippen molar-refractivity contribution < 1.29 is 9.13 Å². The number of ether oxygens (including phenoxy) is 1. The number of halogens is 2. The van der Waals surface area contributed by atoms with Crippen molar-refractivity contribution in [2.24, 2.45) is 5.73 Å². The molecule has 0 aliphatic heterocycles. The third kappa shape index (κ3) is 4.02. The van der Waals surface area contributed by atoms with Crippen LogP contribution in [-0.4, -0.2) is 11.0 Å². The molecule has 0 fully saturated rings. The lowest BCUT2D eigenvalue weighted by molar-refractivity contribution is 0.427. The van der Waals surface area contributed by atoms with Gasteiger partial charge in [-0.05, 0) is 36.6 Å². The van der Waals surface area contributed by atoms with Crippen molar-refractivity contribution in [3.63, 3.8) is 0 Å². The van der Waals surface area contributed by atoms with Gasteiger partial charge in [0.15, 0.2) is 11.6 Å². The highest BCUT2D eigenvalue weighted by atomic mass is 79.9. The first-order valence-electron chi connectivity index (χ1n) is 6.42. The van der Waals surface area contributed by atoms with Crippen molar-refractivity contribution in [3.05, 3.63) is 52.4 Å². The number of rotatable bonds is 5. The zero-order chi connectivity index (χ0) is 14.5. The van der Waals surface area contributed by atoms with Gasteiger partial charge in [-0.25, -0.2) is 9.37 Å². The first kappa shape index (κ1) is 14.9. The maximum absolute atomic E-state index is 13.6. The van der Waals surface area contributed by atoms with E-state index >= 15 is 0 Å². The predicted molar refractivity (Wildman–Crippen MR) is 80.4 cm³/mol. The van der Waals surface area contributed by atoms with Crippen LogP contribution in [-0.2, 0) is 6.42 Å². The van der Waals surface area contributed by atoms with Gasteiger partial charge in [-0.1, -0.05) is 28.9 Å². The molecule has 0 saturated carbocycles. The minimum absolute atomic E-state index is 0.132. The summed E-state index contributed by atoms with van der Waals surface area (Å²) < 4.78 is 19.7. The summed E-state index contributed by atoms with van der Waals surface area (Å²) >= 11 is 3.20. The fraction of sp³-hybridized carbons (Fsp3) is 0.267. The quantitative estimate of drug-likeness (QED) is 0.894. The van der Waals surface area contributed by atoms with Crippen LogP contribution >= 0.6 is 15.9 Å². The third-order valence-corrected chi connectivity index (χ3v) is 3.42. The molecule has 2 rings (SSSR count). The Bertz CT molecular complexity index is 575. The highest BCUT2D eigenvalue weighted by molar-refractivity contribution is 9.10. The molecular formula is C15H16BrFN2O. The maximum Gasteiger partial charge on any atom is 0.219 e. The van der Waals surface area contributed by atoms with Gasteiger partial charge in [0.25, 0.3) is 0 Å². The molecule has 0 amide bonds. The molecule has 0 spiro atoms. The number of nitrogens with zero attached hydrogens (tertiary/aromatic N) is 1. The molecule has 5 heteroatoms. The van der Waals surface area contributed by atoms with Crippen LogP contribution in [0.5, 0.6) is 11.6 Å². The third-order valence-electron chi connectivity index (χ3n) is 2.93. The summed E-state index contributed by atoms with van der Waals surface area (Å²) in [6.45, 7) is 2.05. The van der Waals surface area contributed by atoms with Gasteiger partial charge in [-0.2, -0.15) is 0 Å². The molecule has 2 N–H and O–H groups in total. The first-order chi connectivity index (χ1) is 9.58. The molecule has 0 aliphatic carbocycles. The van der Waals surface area contributed by atoms with E-state index < -0.39 is 5.82 Å². The fourth-order valence-corrected chi connectivity index (χ4v) is 2.04. The van der Waals surface area contributed by atoms with Crippen LogP contribution in [0.3, 0.4) is 0 Å². The molecule has 1 atom stereocenters. The molecule has 3 nitrogen and oxygen atoms in total. The Labute approximate surface area is 126 Å². The van der Waals surface area contributed by atoms with Crippen LogP contribution < -0.4 is 10.5 Å². The van der Waals surface area contributed by atoms with Gasteiger partial charge in [-0.15, -0.1) is 0 Å². The Morgan fingerprint density at radius 2 is 2.15 bits per heavy atom. The number of pyridine rings is 1. The Kier molecular flexibility index (Phi) is 5.09. The van der Waals surface area contributed by atoms with Crippen molar-refractivity contribution in [1.29, 1.82) is 0 Å². The lowest BCUT2D eigenvalue weighted by Crippen LogP contribution is -2.21. The summed E-state index contributed by atoms with van der Waals surface area (Å²) in [5, 5.41) is 0.